The first-order valence-electron chi connectivity index (χ1n) is 5.71. The van der Waals surface area contributed by atoms with Crippen molar-refractivity contribution >= 4 is 16.7 Å². The van der Waals surface area contributed by atoms with Crippen molar-refractivity contribution in [3.8, 4) is 6.07 Å². The highest BCUT2D eigenvalue weighted by atomic mass is 32.2. The van der Waals surface area contributed by atoms with E-state index in [0.29, 0.717) is 10.5 Å². The van der Waals surface area contributed by atoms with Crippen LogP contribution in [0.2, 0.25) is 0 Å². The quantitative estimate of drug-likeness (QED) is 0.931. The lowest BCUT2D eigenvalue weighted by atomic mass is 10.2. The van der Waals surface area contributed by atoms with Crippen molar-refractivity contribution in [1.29, 1.82) is 5.26 Å². The fourth-order valence-electron chi connectivity index (χ4n) is 1.75. The summed E-state index contributed by atoms with van der Waals surface area (Å²) in [5.41, 5.74) is 2.97. The minimum Gasteiger partial charge on any atom is -0.298 e. The van der Waals surface area contributed by atoms with Crippen LogP contribution < -0.4 is 4.72 Å². The first kappa shape index (κ1) is 13.3. The normalized spacial score (nSPS) is 11.9. The molecule has 0 aliphatic rings. The highest BCUT2D eigenvalue weighted by Gasteiger charge is 2.13. The molecule has 19 heavy (non-hydrogen) atoms. The maximum atomic E-state index is 12.2. The smallest absolute Gasteiger partial charge is 0.150 e. The van der Waals surface area contributed by atoms with Crippen LogP contribution in [0, 0.1) is 25.2 Å². The van der Waals surface area contributed by atoms with Crippen molar-refractivity contribution in [2.75, 3.05) is 4.72 Å². The lowest BCUT2D eigenvalue weighted by Gasteiger charge is -2.06. The minimum absolute atomic E-state index is 0.493. The van der Waals surface area contributed by atoms with Crippen LogP contribution in [0.1, 0.15) is 17.0 Å². The fourth-order valence-corrected chi connectivity index (χ4v) is 2.79. The predicted octanol–water partition coefficient (Wildman–Crippen LogP) is 2.04. The standard InChI is InChI=1S/C13H14N4OS/c1-9-13(10(2)17(3)15-9)16-19(18)12-6-4-5-11(7-12)8-14/h4-7,16H,1-3H3. The van der Waals surface area contributed by atoms with Crippen LogP contribution in [0.25, 0.3) is 0 Å². The highest BCUT2D eigenvalue weighted by molar-refractivity contribution is 7.86. The van der Waals surface area contributed by atoms with Crippen LogP contribution in [0.5, 0.6) is 0 Å². The molecule has 0 bridgehead atoms. The molecule has 1 unspecified atom stereocenters. The largest absolute Gasteiger partial charge is 0.298 e. The van der Waals surface area contributed by atoms with E-state index in [-0.39, 0.29) is 0 Å². The minimum atomic E-state index is -1.41. The Balaban J connectivity index is 2.28. The SMILES string of the molecule is Cc1nn(C)c(C)c1NS(=O)c1cccc(C#N)c1. The summed E-state index contributed by atoms with van der Waals surface area (Å²) in [6, 6.07) is 8.78. The first-order chi connectivity index (χ1) is 9.02. The summed E-state index contributed by atoms with van der Waals surface area (Å²) < 4.78 is 16.9. The number of nitrogens with one attached hydrogen (secondary N) is 1. The second-order valence-corrected chi connectivity index (χ2v) is 5.39. The molecule has 5 nitrogen and oxygen atoms in total. The number of benzene rings is 1. The Labute approximate surface area is 114 Å². The topological polar surface area (TPSA) is 70.7 Å². The van der Waals surface area contributed by atoms with E-state index in [9.17, 15) is 4.21 Å². The van der Waals surface area contributed by atoms with Crippen LogP contribution in [0.4, 0.5) is 5.69 Å². The van der Waals surface area contributed by atoms with Crippen molar-refractivity contribution in [2.24, 2.45) is 7.05 Å². The monoisotopic (exact) mass is 274 g/mol. The van der Waals surface area contributed by atoms with Gasteiger partial charge in [0.2, 0.25) is 0 Å². The molecule has 0 saturated heterocycles. The molecule has 0 aliphatic heterocycles. The maximum Gasteiger partial charge on any atom is 0.150 e. The second kappa shape index (κ2) is 5.24. The van der Waals surface area contributed by atoms with Crippen LogP contribution in [0.15, 0.2) is 29.2 Å². The Morgan fingerprint density at radius 3 is 2.74 bits per heavy atom. The van der Waals surface area contributed by atoms with Crippen LogP contribution in [-0.4, -0.2) is 14.0 Å². The molecule has 1 N–H and O–H groups in total. The summed E-state index contributed by atoms with van der Waals surface area (Å²) in [5.74, 6) is 0. The maximum absolute atomic E-state index is 12.2. The van der Waals surface area contributed by atoms with Crippen LogP contribution in [0.3, 0.4) is 0 Å². The average molecular weight is 274 g/mol. The lowest BCUT2D eigenvalue weighted by molar-refractivity contribution is 0.686. The van der Waals surface area contributed by atoms with Crippen LogP contribution in [-0.2, 0) is 18.0 Å². The molecule has 2 rings (SSSR count). The van der Waals surface area contributed by atoms with Crippen LogP contribution >= 0.6 is 0 Å². The molecule has 6 heteroatoms. The number of hydrogen-bond acceptors (Lipinski definition) is 3. The first-order valence-corrected chi connectivity index (χ1v) is 6.86. The zero-order valence-electron chi connectivity index (χ0n) is 11.0. The molecule has 0 spiro atoms. The van der Waals surface area contributed by atoms with Gasteiger partial charge in [-0.15, -0.1) is 0 Å². The van der Waals surface area contributed by atoms with E-state index in [0.717, 1.165) is 17.1 Å². The van der Waals surface area contributed by atoms with E-state index in [1.54, 1.807) is 28.9 Å². The van der Waals surface area contributed by atoms with Gasteiger partial charge in [0.05, 0.1) is 33.6 Å². The van der Waals surface area contributed by atoms with Gasteiger partial charge in [-0.2, -0.15) is 10.4 Å². The van der Waals surface area contributed by atoms with Crippen molar-refractivity contribution in [2.45, 2.75) is 18.7 Å². The molecule has 0 fully saturated rings. The number of anilines is 1. The summed E-state index contributed by atoms with van der Waals surface area (Å²) in [6.07, 6.45) is 0. The predicted molar refractivity (Wildman–Crippen MR) is 73.9 cm³/mol. The van der Waals surface area contributed by atoms with Gasteiger partial charge < -0.3 is 0 Å². The molecule has 0 saturated carbocycles. The second-order valence-electron chi connectivity index (χ2n) is 4.18. The molecule has 0 amide bonds. The van der Waals surface area contributed by atoms with Gasteiger partial charge in [-0.05, 0) is 32.0 Å². The third-order valence-electron chi connectivity index (χ3n) is 2.88. The molecule has 0 aliphatic carbocycles. The molecule has 98 valence electrons. The number of nitrogens with zero attached hydrogens (tertiary/aromatic N) is 3. The molecule has 1 atom stereocenters. The van der Waals surface area contributed by atoms with Crippen molar-refractivity contribution in [3.63, 3.8) is 0 Å². The Morgan fingerprint density at radius 1 is 1.42 bits per heavy atom. The summed E-state index contributed by atoms with van der Waals surface area (Å²) in [4.78, 5) is 0.571. The van der Waals surface area contributed by atoms with Crippen molar-refractivity contribution < 1.29 is 4.21 Å². The third kappa shape index (κ3) is 2.66. The summed E-state index contributed by atoms with van der Waals surface area (Å²) >= 11 is 0. The zero-order chi connectivity index (χ0) is 14.0. The Kier molecular flexibility index (Phi) is 3.67. The average Bonchev–Trinajstić information content (AvgIpc) is 2.65. The Bertz CT molecular complexity index is 684. The molecular weight excluding hydrogens is 260 g/mol. The van der Waals surface area contributed by atoms with E-state index in [4.69, 9.17) is 5.26 Å². The Hall–Kier alpha value is -2.13. The highest BCUT2D eigenvalue weighted by Crippen LogP contribution is 2.21. The van der Waals surface area contributed by atoms with Gasteiger partial charge in [-0.25, -0.2) is 4.21 Å². The van der Waals surface area contributed by atoms with E-state index < -0.39 is 11.0 Å². The number of rotatable bonds is 3. The number of aromatic nitrogens is 2. The van der Waals surface area contributed by atoms with E-state index in [1.165, 1.54) is 0 Å². The Morgan fingerprint density at radius 2 is 2.16 bits per heavy atom. The molecule has 1 aromatic carbocycles. The zero-order valence-corrected chi connectivity index (χ0v) is 11.8. The molecule has 0 radical (unpaired) electrons. The van der Waals surface area contributed by atoms with Gasteiger partial charge in [-0.1, -0.05) is 6.07 Å². The van der Waals surface area contributed by atoms with Gasteiger partial charge in [0.1, 0.15) is 11.0 Å². The lowest BCUT2D eigenvalue weighted by Crippen LogP contribution is -2.06. The van der Waals surface area contributed by atoms with E-state index in [1.807, 2.05) is 27.0 Å². The summed E-state index contributed by atoms with van der Waals surface area (Å²) in [6.45, 7) is 3.77. The van der Waals surface area contributed by atoms with Crippen molar-refractivity contribution in [3.05, 3.63) is 41.2 Å². The van der Waals surface area contributed by atoms with Gasteiger partial charge in [0.25, 0.3) is 0 Å². The molecule has 1 aromatic heterocycles. The number of aryl methyl sites for hydroxylation is 2. The number of hydrogen-bond donors (Lipinski definition) is 1. The molecular formula is C13H14N4OS. The van der Waals surface area contributed by atoms with Gasteiger partial charge in [-0.3, -0.25) is 9.40 Å². The summed E-state index contributed by atoms with van der Waals surface area (Å²) in [5, 5.41) is 13.1. The van der Waals surface area contributed by atoms with Gasteiger partial charge in [0, 0.05) is 7.05 Å². The van der Waals surface area contributed by atoms with Gasteiger partial charge >= 0.3 is 0 Å². The number of nitriles is 1. The van der Waals surface area contributed by atoms with Crippen molar-refractivity contribution in [1.82, 2.24) is 9.78 Å². The van der Waals surface area contributed by atoms with E-state index >= 15 is 0 Å². The summed E-state index contributed by atoms with van der Waals surface area (Å²) in [7, 11) is 0.432. The third-order valence-corrected chi connectivity index (χ3v) is 3.95. The molecule has 1 heterocycles. The van der Waals surface area contributed by atoms with E-state index in [2.05, 4.69) is 9.82 Å². The molecule has 2 aromatic rings. The fraction of sp³-hybridized carbons (Fsp3) is 0.231. The van der Waals surface area contributed by atoms with Gasteiger partial charge in [0.15, 0.2) is 0 Å².